The number of aromatic hydroxyl groups is 1. The Balaban J connectivity index is 2.60. The standard InChI is InChI=1S/C18H21NO5/c1-4-24-16(21)10-13(12-7-5-6-8-15(12)23-3)17-14(20)9-11(2)19-18(17)22/h5-9,13H,4,10H2,1-3H3,(H2,19,20,22)/t13-/m0/s1. The average molecular weight is 331 g/mol. The summed E-state index contributed by atoms with van der Waals surface area (Å²) in [5.41, 5.74) is 0.861. The molecule has 0 fully saturated rings. The summed E-state index contributed by atoms with van der Waals surface area (Å²) in [6, 6.07) is 8.55. The van der Waals surface area contributed by atoms with Crippen LogP contribution in [-0.4, -0.2) is 29.8 Å². The van der Waals surface area contributed by atoms with E-state index < -0.39 is 17.4 Å². The van der Waals surface area contributed by atoms with Crippen molar-refractivity contribution < 1.29 is 19.4 Å². The molecule has 1 heterocycles. The number of H-pyrrole nitrogens is 1. The van der Waals surface area contributed by atoms with E-state index >= 15 is 0 Å². The van der Waals surface area contributed by atoms with Crippen LogP contribution in [0.2, 0.25) is 0 Å². The van der Waals surface area contributed by atoms with Crippen molar-refractivity contribution in [2.45, 2.75) is 26.2 Å². The second-order valence-corrected chi connectivity index (χ2v) is 5.38. The first kappa shape index (κ1) is 17.6. The van der Waals surface area contributed by atoms with Crippen LogP contribution in [0, 0.1) is 6.92 Å². The van der Waals surface area contributed by atoms with Crippen molar-refractivity contribution in [1.29, 1.82) is 0 Å². The zero-order valence-corrected chi connectivity index (χ0v) is 14.0. The monoisotopic (exact) mass is 331 g/mol. The molecule has 0 radical (unpaired) electrons. The highest BCUT2D eigenvalue weighted by Crippen LogP contribution is 2.36. The molecule has 0 unspecified atom stereocenters. The Hall–Kier alpha value is -2.76. The molecular weight excluding hydrogens is 310 g/mol. The minimum Gasteiger partial charge on any atom is -0.507 e. The average Bonchev–Trinajstić information content (AvgIpc) is 2.53. The molecule has 128 valence electrons. The first-order valence-corrected chi connectivity index (χ1v) is 7.69. The van der Waals surface area contributed by atoms with Gasteiger partial charge in [-0.1, -0.05) is 18.2 Å². The third-order valence-corrected chi connectivity index (χ3v) is 3.72. The van der Waals surface area contributed by atoms with Crippen molar-refractivity contribution in [3.05, 3.63) is 57.5 Å². The van der Waals surface area contributed by atoms with Crippen LogP contribution >= 0.6 is 0 Å². The molecule has 2 N–H and O–H groups in total. The smallest absolute Gasteiger partial charge is 0.306 e. The number of aromatic nitrogens is 1. The normalized spacial score (nSPS) is 11.8. The molecule has 2 rings (SSSR count). The maximum absolute atomic E-state index is 12.4. The van der Waals surface area contributed by atoms with Gasteiger partial charge >= 0.3 is 5.97 Å². The lowest BCUT2D eigenvalue weighted by Crippen LogP contribution is -2.21. The number of ether oxygens (including phenoxy) is 2. The minimum absolute atomic E-state index is 0.0755. The van der Waals surface area contributed by atoms with E-state index in [0.717, 1.165) is 0 Å². The molecule has 0 aliphatic heterocycles. The van der Waals surface area contributed by atoms with Gasteiger partial charge in [0.05, 0.1) is 25.7 Å². The third-order valence-electron chi connectivity index (χ3n) is 3.72. The first-order valence-electron chi connectivity index (χ1n) is 7.69. The molecule has 0 aliphatic rings. The van der Waals surface area contributed by atoms with E-state index in [1.807, 2.05) is 0 Å². The molecule has 0 spiro atoms. The van der Waals surface area contributed by atoms with Crippen LogP contribution in [0.15, 0.2) is 35.1 Å². The van der Waals surface area contributed by atoms with E-state index in [0.29, 0.717) is 17.0 Å². The number of carbonyl (C=O) groups excluding carboxylic acids is 1. The lowest BCUT2D eigenvalue weighted by Gasteiger charge is -2.20. The molecule has 2 aromatic rings. The van der Waals surface area contributed by atoms with Crippen molar-refractivity contribution in [3.63, 3.8) is 0 Å². The molecule has 24 heavy (non-hydrogen) atoms. The topological polar surface area (TPSA) is 88.6 Å². The van der Waals surface area contributed by atoms with Gasteiger partial charge in [-0.15, -0.1) is 0 Å². The van der Waals surface area contributed by atoms with Crippen molar-refractivity contribution in [2.24, 2.45) is 0 Å². The largest absolute Gasteiger partial charge is 0.507 e. The number of rotatable bonds is 6. The summed E-state index contributed by atoms with van der Waals surface area (Å²) >= 11 is 0. The summed E-state index contributed by atoms with van der Waals surface area (Å²) in [6.45, 7) is 3.63. The molecule has 1 aromatic carbocycles. The quantitative estimate of drug-likeness (QED) is 0.794. The lowest BCUT2D eigenvalue weighted by atomic mass is 9.88. The fourth-order valence-corrected chi connectivity index (χ4v) is 2.73. The zero-order valence-electron chi connectivity index (χ0n) is 14.0. The van der Waals surface area contributed by atoms with E-state index in [2.05, 4.69) is 4.98 Å². The van der Waals surface area contributed by atoms with Crippen LogP contribution in [0.3, 0.4) is 0 Å². The summed E-state index contributed by atoms with van der Waals surface area (Å²) in [4.78, 5) is 27.1. The number of aryl methyl sites for hydroxylation is 1. The highest BCUT2D eigenvalue weighted by Gasteiger charge is 2.27. The number of aromatic amines is 1. The van der Waals surface area contributed by atoms with Crippen LogP contribution in [-0.2, 0) is 9.53 Å². The fraction of sp³-hybridized carbons (Fsp3) is 0.333. The van der Waals surface area contributed by atoms with Gasteiger partial charge in [0.15, 0.2) is 0 Å². The van der Waals surface area contributed by atoms with E-state index in [-0.39, 0.29) is 24.3 Å². The van der Waals surface area contributed by atoms with Crippen LogP contribution in [0.5, 0.6) is 11.5 Å². The van der Waals surface area contributed by atoms with E-state index in [4.69, 9.17) is 9.47 Å². The Bertz CT molecular complexity index is 781. The molecule has 1 atom stereocenters. The second-order valence-electron chi connectivity index (χ2n) is 5.38. The lowest BCUT2D eigenvalue weighted by molar-refractivity contribution is -0.143. The van der Waals surface area contributed by atoms with Crippen molar-refractivity contribution >= 4 is 5.97 Å². The Morgan fingerprint density at radius 1 is 1.33 bits per heavy atom. The molecule has 0 saturated carbocycles. The summed E-state index contributed by atoms with van der Waals surface area (Å²) in [5.74, 6) is -0.750. The number of hydrogen-bond donors (Lipinski definition) is 2. The van der Waals surface area contributed by atoms with Crippen molar-refractivity contribution in [1.82, 2.24) is 4.98 Å². The number of benzene rings is 1. The number of carbonyl (C=O) groups is 1. The van der Waals surface area contributed by atoms with Gasteiger partial charge in [-0.25, -0.2) is 0 Å². The maximum Gasteiger partial charge on any atom is 0.306 e. The van der Waals surface area contributed by atoms with Gasteiger partial charge in [0, 0.05) is 17.2 Å². The van der Waals surface area contributed by atoms with Crippen LogP contribution in [0.4, 0.5) is 0 Å². The predicted octanol–water partition coefficient (Wildman–Crippen LogP) is 2.48. The van der Waals surface area contributed by atoms with Gasteiger partial charge in [-0.05, 0) is 26.0 Å². The van der Waals surface area contributed by atoms with Crippen LogP contribution in [0.1, 0.15) is 36.1 Å². The molecular formula is C18H21NO5. The highest BCUT2D eigenvalue weighted by atomic mass is 16.5. The first-order chi connectivity index (χ1) is 11.5. The molecule has 0 saturated heterocycles. The summed E-state index contributed by atoms with van der Waals surface area (Å²) in [6.07, 6.45) is -0.0755. The highest BCUT2D eigenvalue weighted by molar-refractivity contribution is 5.72. The van der Waals surface area contributed by atoms with Gasteiger partial charge in [-0.2, -0.15) is 0 Å². The Morgan fingerprint density at radius 3 is 2.67 bits per heavy atom. The number of esters is 1. The van der Waals surface area contributed by atoms with E-state index in [1.54, 1.807) is 38.1 Å². The number of pyridine rings is 1. The summed E-state index contributed by atoms with van der Waals surface area (Å²) in [7, 11) is 1.51. The molecule has 1 aromatic heterocycles. The maximum atomic E-state index is 12.4. The van der Waals surface area contributed by atoms with Gasteiger partial charge < -0.3 is 19.6 Å². The SMILES string of the molecule is CCOC(=O)C[C@@H](c1ccccc1OC)c1c(O)cc(C)[nH]c1=O. The number of methoxy groups -OCH3 is 1. The Labute approximate surface area is 140 Å². The second kappa shape index (κ2) is 7.68. The van der Waals surface area contributed by atoms with Gasteiger partial charge in [0.1, 0.15) is 11.5 Å². The van der Waals surface area contributed by atoms with Crippen molar-refractivity contribution in [2.75, 3.05) is 13.7 Å². The van der Waals surface area contributed by atoms with Crippen molar-refractivity contribution in [3.8, 4) is 11.5 Å². The van der Waals surface area contributed by atoms with E-state index in [1.165, 1.54) is 13.2 Å². The predicted molar refractivity (Wildman–Crippen MR) is 89.6 cm³/mol. The number of para-hydroxylation sites is 1. The number of nitrogens with one attached hydrogen (secondary N) is 1. The minimum atomic E-state index is -0.676. The van der Waals surface area contributed by atoms with Gasteiger partial charge in [-0.3, -0.25) is 9.59 Å². The Kier molecular flexibility index (Phi) is 5.63. The molecule has 6 nitrogen and oxygen atoms in total. The van der Waals surface area contributed by atoms with Crippen LogP contribution < -0.4 is 10.3 Å². The van der Waals surface area contributed by atoms with Gasteiger partial charge in [0.2, 0.25) is 0 Å². The molecule has 0 bridgehead atoms. The zero-order chi connectivity index (χ0) is 17.7. The van der Waals surface area contributed by atoms with Crippen LogP contribution in [0.25, 0.3) is 0 Å². The Morgan fingerprint density at radius 2 is 2.04 bits per heavy atom. The molecule has 6 heteroatoms. The third kappa shape index (κ3) is 3.76. The number of hydrogen-bond acceptors (Lipinski definition) is 5. The van der Waals surface area contributed by atoms with E-state index in [9.17, 15) is 14.7 Å². The molecule has 0 aliphatic carbocycles. The summed E-state index contributed by atoms with van der Waals surface area (Å²) < 4.78 is 10.4. The van der Waals surface area contributed by atoms with Gasteiger partial charge in [0.25, 0.3) is 5.56 Å². The fourth-order valence-electron chi connectivity index (χ4n) is 2.73. The molecule has 0 amide bonds. The summed E-state index contributed by atoms with van der Waals surface area (Å²) in [5, 5.41) is 10.3.